The molecule has 0 spiro atoms. The molecular formula is C9H15BrN2O3S. The van der Waals surface area contributed by atoms with Gasteiger partial charge in [0.2, 0.25) is 10.0 Å². The lowest BCUT2D eigenvalue weighted by Crippen LogP contribution is -2.30. The SMILES string of the molecule is CCC(Br)CNS(=O)(=O)c1c(C)noc1C. The van der Waals surface area contributed by atoms with Gasteiger partial charge in [-0.3, -0.25) is 0 Å². The first-order valence-corrected chi connectivity index (χ1v) is 7.35. The van der Waals surface area contributed by atoms with Gasteiger partial charge in [0.15, 0.2) is 5.76 Å². The molecule has 5 nitrogen and oxygen atoms in total. The quantitative estimate of drug-likeness (QED) is 0.841. The molecule has 1 rings (SSSR count). The van der Waals surface area contributed by atoms with Crippen molar-refractivity contribution in [3.63, 3.8) is 0 Å². The molecule has 7 heteroatoms. The average Bonchev–Trinajstić information content (AvgIpc) is 2.55. The summed E-state index contributed by atoms with van der Waals surface area (Å²) < 4.78 is 31.2. The fourth-order valence-electron chi connectivity index (χ4n) is 1.27. The van der Waals surface area contributed by atoms with E-state index in [9.17, 15) is 8.42 Å². The Morgan fingerprint density at radius 3 is 2.56 bits per heavy atom. The van der Waals surface area contributed by atoms with Crippen LogP contribution in [0.5, 0.6) is 0 Å². The Morgan fingerprint density at radius 2 is 2.12 bits per heavy atom. The Morgan fingerprint density at radius 1 is 1.50 bits per heavy atom. The number of sulfonamides is 1. The molecular weight excluding hydrogens is 296 g/mol. The summed E-state index contributed by atoms with van der Waals surface area (Å²) in [7, 11) is -3.52. The minimum atomic E-state index is -3.52. The van der Waals surface area contributed by atoms with Crippen LogP contribution >= 0.6 is 15.9 Å². The third-order valence-electron chi connectivity index (χ3n) is 2.17. The number of alkyl halides is 1. The molecule has 16 heavy (non-hydrogen) atoms. The van der Waals surface area contributed by atoms with Gasteiger partial charge >= 0.3 is 0 Å². The first-order valence-electron chi connectivity index (χ1n) is 4.95. The Balaban J connectivity index is 2.87. The summed E-state index contributed by atoms with van der Waals surface area (Å²) in [5.41, 5.74) is 0.382. The summed E-state index contributed by atoms with van der Waals surface area (Å²) in [5, 5.41) is 3.62. The maximum atomic E-state index is 11.9. The van der Waals surface area contributed by atoms with Gasteiger partial charge in [-0.2, -0.15) is 0 Å². The molecule has 0 saturated heterocycles. The van der Waals surface area contributed by atoms with E-state index in [0.717, 1.165) is 6.42 Å². The molecule has 0 fully saturated rings. The lowest BCUT2D eigenvalue weighted by atomic mass is 10.3. The molecule has 1 heterocycles. The summed E-state index contributed by atoms with van der Waals surface area (Å²) >= 11 is 3.36. The normalized spacial score (nSPS) is 14.0. The number of hydrogen-bond donors (Lipinski definition) is 1. The lowest BCUT2D eigenvalue weighted by molar-refractivity contribution is 0.390. The zero-order chi connectivity index (χ0) is 12.3. The predicted octanol–water partition coefficient (Wildman–Crippen LogP) is 1.74. The van der Waals surface area contributed by atoms with Crippen LogP contribution in [0.25, 0.3) is 0 Å². The molecule has 1 unspecified atom stereocenters. The van der Waals surface area contributed by atoms with E-state index in [2.05, 4.69) is 25.8 Å². The van der Waals surface area contributed by atoms with E-state index in [0.29, 0.717) is 18.0 Å². The number of hydrogen-bond acceptors (Lipinski definition) is 4. The molecule has 0 aliphatic heterocycles. The van der Waals surface area contributed by atoms with Crippen molar-refractivity contribution in [3.8, 4) is 0 Å². The topological polar surface area (TPSA) is 72.2 Å². The maximum absolute atomic E-state index is 11.9. The summed E-state index contributed by atoms with van der Waals surface area (Å²) in [5.74, 6) is 0.313. The van der Waals surface area contributed by atoms with Gasteiger partial charge in [0, 0.05) is 11.4 Å². The number of nitrogens with zero attached hydrogens (tertiary/aromatic N) is 1. The van der Waals surface area contributed by atoms with Crippen molar-refractivity contribution >= 4 is 26.0 Å². The average molecular weight is 311 g/mol. The van der Waals surface area contributed by atoms with Gasteiger partial charge < -0.3 is 4.52 Å². The highest BCUT2D eigenvalue weighted by molar-refractivity contribution is 9.09. The van der Waals surface area contributed by atoms with Crippen LogP contribution in [0.3, 0.4) is 0 Å². The summed E-state index contributed by atoms with van der Waals surface area (Å²) in [6.07, 6.45) is 0.851. The second kappa shape index (κ2) is 5.29. The highest BCUT2D eigenvalue weighted by Crippen LogP contribution is 2.18. The molecule has 0 aliphatic carbocycles. The van der Waals surface area contributed by atoms with Gasteiger partial charge in [-0.05, 0) is 20.3 Å². The predicted molar refractivity (Wildman–Crippen MR) is 64.2 cm³/mol. The lowest BCUT2D eigenvalue weighted by Gasteiger charge is -2.09. The fourth-order valence-corrected chi connectivity index (χ4v) is 3.06. The summed E-state index contributed by atoms with van der Waals surface area (Å²) in [6, 6.07) is 0. The van der Waals surface area contributed by atoms with Crippen LogP contribution in [0.4, 0.5) is 0 Å². The molecule has 0 aromatic carbocycles. The second-order valence-electron chi connectivity index (χ2n) is 3.51. The van der Waals surface area contributed by atoms with Crippen molar-refractivity contribution in [3.05, 3.63) is 11.5 Å². The van der Waals surface area contributed by atoms with Crippen LogP contribution in [0.1, 0.15) is 24.8 Å². The van der Waals surface area contributed by atoms with Crippen molar-refractivity contribution in [1.29, 1.82) is 0 Å². The molecule has 1 aromatic heterocycles. The van der Waals surface area contributed by atoms with Crippen LogP contribution in [0, 0.1) is 13.8 Å². The third kappa shape index (κ3) is 3.05. The molecule has 0 saturated carbocycles. The van der Waals surface area contributed by atoms with Gasteiger partial charge in [0.1, 0.15) is 10.6 Å². The zero-order valence-electron chi connectivity index (χ0n) is 9.45. The largest absolute Gasteiger partial charge is 0.360 e. The highest BCUT2D eigenvalue weighted by Gasteiger charge is 2.24. The molecule has 1 N–H and O–H groups in total. The zero-order valence-corrected chi connectivity index (χ0v) is 11.9. The Labute approximate surface area is 104 Å². The first-order chi connectivity index (χ1) is 7.38. The van der Waals surface area contributed by atoms with Crippen LogP contribution < -0.4 is 4.72 Å². The van der Waals surface area contributed by atoms with Crippen molar-refractivity contribution in [2.45, 2.75) is 36.9 Å². The third-order valence-corrected chi connectivity index (χ3v) is 4.81. The molecule has 0 aliphatic rings. The van der Waals surface area contributed by atoms with E-state index in [1.54, 1.807) is 13.8 Å². The van der Waals surface area contributed by atoms with Gasteiger partial charge in [-0.25, -0.2) is 13.1 Å². The summed E-state index contributed by atoms with van der Waals surface area (Å²) in [4.78, 5) is 0.269. The molecule has 92 valence electrons. The molecule has 0 bridgehead atoms. The van der Waals surface area contributed by atoms with E-state index in [-0.39, 0.29) is 9.72 Å². The smallest absolute Gasteiger partial charge is 0.246 e. The van der Waals surface area contributed by atoms with Crippen molar-refractivity contribution in [2.75, 3.05) is 6.54 Å². The summed E-state index contributed by atoms with van der Waals surface area (Å²) in [6.45, 7) is 5.52. The molecule has 0 amide bonds. The number of nitrogens with one attached hydrogen (secondary N) is 1. The van der Waals surface area contributed by atoms with E-state index in [4.69, 9.17) is 4.52 Å². The van der Waals surface area contributed by atoms with E-state index >= 15 is 0 Å². The fraction of sp³-hybridized carbons (Fsp3) is 0.667. The Hall–Kier alpha value is -0.400. The van der Waals surface area contributed by atoms with Gasteiger partial charge in [0.05, 0.1) is 0 Å². The van der Waals surface area contributed by atoms with Crippen LogP contribution in [0.2, 0.25) is 0 Å². The monoisotopic (exact) mass is 310 g/mol. The van der Waals surface area contributed by atoms with E-state index < -0.39 is 10.0 Å². The standard InChI is InChI=1S/C9H15BrN2O3S/c1-4-8(10)5-11-16(13,14)9-6(2)12-15-7(9)3/h8,11H,4-5H2,1-3H3. The number of aromatic nitrogens is 1. The number of rotatable bonds is 5. The highest BCUT2D eigenvalue weighted by atomic mass is 79.9. The van der Waals surface area contributed by atoms with Gasteiger partial charge in [-0.15, -0.1) is 0 Å². The second-order valence-corrected chi connectivity index (χ2v) is 6.51. The van der Waals surface area contributed by atoms with Crippen molar-refractivity contribution < 1.29 is 12.9 Å². The molecule has 1 aromatic rings. The van der Waals surface area contributed by atoms with E-state index in [1.807, 2.05) is 6.92 Å². The van der Waals surface area contributed by atoms with E-state index in [1.165, 1.54) is 0 Å². The van der Waals surface area contributed by atoms with Crippen LogP contribution in [-0.2, 0) is 10.0 Å². The number of halogens is 1. The van der Waals surface area contributed by atoms with Crippen molar-refractivity contribution in [2.24, 2.45) is 0 Å². The molecule has 1 atom stereocenters. The van der Waals surface area contributed by atoms with Crippen molar-refractivity contribution in [1.82, 2.24) is 9.88 Å². The van der Waals surface area contributed by atoms with Crippen LogP contribution in [0.15, 0.2) is 9.42 Å². The minimum Gasteiger partial charge on any atom is -0.360 e. The van der Waals surface area contributed by atoms with Gasteiger partial charge in [-0.1, -0.05) is 28.0 Å². The number of aryl methyl sites for hydroxylation is 2. The first kappa shape index (κ1) is 13.7. The molecule has 0 radical (unpaired) electrons. The Kier molecular flexibility index (Phi) is 4.52. The maximum Gasteiger partial charge on any atom is 0.246 e. The Bertz CT molecular complexity index is 436. The van der Waals surface area contributed by atoms with Gasteiger partial charge in [0.25, 0.3) is 0 Å². The minimum absolute atomic E-state index is 0.128. The van der Waals surface area contributed by atoms with Crippen LogP contribution in [-0.4, -0.2) is 24.9 Å².